The van der Waals surface area contributed by atoms with Crippen LogP contribution in [-0.4, -0.2) is 79.2 Å². The summed E-state index contributed by atoms with van der Waals surface area (Å²) in [5.74, 6) is -1.36. The van der Waals surface area contributed by atoms with E-state index >= 15 is 0 Å². The van der Waals surface area contributed by atoms with Gasteiger partial charge >= 0.3 is 0 Å². The molecule has 0 spiro atoms. The smallest absolute Gasteiger partial charge is 0.262 e. The number of sulfonamides is 1. The molecule has 0 bridgehead atoms. The van der Waals surface area contributed by atoms with Crippen LogP contribution in [0.15, 0.2) is 22.7 Å². The fraction of sp³-hybridized carbons (Fsp3) is 0.400. The Kier molecular flexibility index (Phi) is 4.69. The molecule has 1 saturated heterocycles. The minimum absolute atomic E-state index is 0.208. The first-order chi connectivity index (χ1) is 11.7. The van der Waals surface area contributed by atoms with E-state index in [2.05, 4.69) is 15.9 Å². The van der Waals surface area contributed by atoms with Crippen LogP contribution >= 0.6 is 15.9 Å². The molecular weight excluding hydrogens is 414 g/mol. The second-order valence-electron chi connectivity index (χ2n) is 5.93. The molecule has 3 rings (SSSR count). The molecule has 2 aliphatic rings. The van der Waals surface area contributed by atoms with Crippen LogP contribution in [0.4, 0.5) is 0 Å². The molecule has 1 aromatic carbocycles. The summed E-state index contributed by atoms with van der Waals surface area (Å²) in [5, 5.41) is 0. The highest BCUT2D eigenvalue weighted by molar-refractivity contribution is 9.10. The van der Waals surface area contributed by atoms with Crippen LogP contribution in [0, 0.1) is 0 Å². The summed E-state index contributed by atoms with van der Waals surface area (Å²) in [6, 6.07) is 4.78. The minimum atomic E-state index is -3.28. The number of imide groups is 1. The van der Waals surface area contributed by atoms with Gasteiger partial charge in [-0.3, -0.25) is 19.3 Å². The van der Waals surface area contributed by atoms with Gasteiger partial charge in [0.1, 0.15) is 6.54 Å². The number of carbonyl (C=O) groups is 3. The normalized spacial score (nSPS) is 18.6. The molecule has 2 aliphatic heterocycles. The van der Waals surface area contributed by atoms with Crippen molar-refractivity contribution >= 4 is 43.7 Å². The molecule has 3 amide bonds. The molecule has 0 N–H and O–H groups in total. The third-order valence-corrected chi connectivity index (χ3v) is 6.08. The van der Waals surface area contributed by atoms with E-state index in [1.807, 2.05) is 0 Å². The van der Waals surface area contributed by atoms with E-state index in [9.17, 15) is 22.8 Å². The predicted octanol–water partition coefficient (Wildman–Crippen LogP) is 0.149. The largest absolute Gasteiger partial charge is 0.338 e. The van der Waals surface area contributed by atoms with Gasteiger partial charge in [0, 0.05) is 30.7 Å². The van der Waals surface area contributed by atoms with Crippen molar-refractivity contribution in [1.82, 2.24) is 14.1 Å². The lowest BCUT2D eigenvalue weighted by atomic mass is 10.1. The van der Waals surface area contributed by atoms with Gasteiger partial charge in [-0.1, -0.05) is 15.9 Å². The second-order valence-corrected chi connectivity index (χ2v) is 8.83. The molecule has 0 saturated carbocycles. The molecule has 0 radical (unpaired) electrons. The molecule has 0 aromatic heterocycles. The van der Waals surface area contributed by atoms with E-state index < -0.39 is 21.8 Å². The Balaban J connectivity index is 1.67. The maximum Gasteiger partial charge on any atom is 0.262 e. The average molecular weight is 430 g/mol. The monoisotopic (exact) mass is 429 g/mol. The van der Waals surface area contributed by atoms with Crippen molar-refractivity contribution in [1.29, 1.82) is 0 Å². The zero-order valence-corrected chi connectivity index (χ0v) is 15.8. The molecular formula is C15H16BrN3O5S. The number of benzene rings is 1. The van der Waals surface area contributed by atoms with E-state index in [1.165, 1.54) is 9.21 Å². The van der Waals surface area contributed by atoms with Crippen molar-refractivity contribution in [3.8, 4) is 0 Å². The molecule has 0 aliphatic carbocycles. The number of rotatable bonds is 3. The minimum Gasteiger partial charge on any atom is -0.338 e. The first-order valence-corrected chi connectivity index (χ1v) is 10.2. The number of halogens is 1. The Morgan fingerprint density at radius 3 is 2.28 bits per heavy atom. The van der Waals surface area contributed by atoms with Crippen LogP contribution in [0.5, 0.6) is 0 Å². The standard InChI is InChI=1S/C15H16BrN3O5S/c1-25(23,24)18-6-4-17(5-7-18)13(20)9-19-14(21)11-3-2-10(16)8-12(11)15(19)22/h2-3,8H,4-7,9H2,1H3. The fourth-order valence-electron chi connectivity index (χ4n) is 2.91. The summed E-state index contributed by atoms with van der Waals surface area (Å²) < 4.78 is 25.0. The number of hydrogen-bond acceptors (Lipinski definition) is 5. The van der Waals surface area contributed by atoms with Gasteiger partial charge in [0.05, 0.1) is 17.4 Å². The Hall–Kier alpha value is -1.78. The summed E-state index contributed by atoms with van der Waals surface area (Å²) in [6.07, 6.45) is 1.13. The maximum absolute atomic E-state index is 12.4. The average Bonchev–Trinajstić information content (AvgIpc) is 2.78. The van der Waals surface area contributed by atoms with Gasteiger partial charge in [-0.15, -0.1) is 0 Å². The Morgan fingerprint density at radius 1 is 1.08 bits per heavy atom. The van der Waals surface area contributed by atoms with Crippen molar-refractivity contribution in [3.05, 3.63) is 33.8 Å². The quantitative estimate of drug-likeness (QED) is 0.637. The van der Waals surface area contributed by atoms with Crippen molar-refractivity contribution in [3.63, 3.8) is 0 Å². The van der Waals surface area contributed by atoms with Gasteiger partial charge in [-0.2, -0.15) is 4.31 Å². The van der Waals surface area contributed by atoms with Crippen LogP contribution in [0.2, 0.25) is 0 Å². The fourth-order valence-corrected chi connectivity index (χ4v) is 4.10. The van der Waals surface area contributed by atoms with Crippen molar-refractivity contribution in [2.75, 3.05) is 39.0 Å². The first-order valence-electron chi connectivity index (χ1n) is 7.57. The number of nitrogens with zero attached hydrogens (tertiary/aromatic N) is 3. The molecule has 10 heteroatoms. The van der Waals surface area contributed by atoms with E-state index in [-0.39, 0.29) is 49.8 Å². The maximum atomic E-state index is 12.4. The molecule has 134 valence electrons. The van der Waals surface area contributed by atoms with Gasteiger partial charge < -0.3 is 4.90 Å². The highest BCUT2D eigenvalue weighted by Gasteiger charge is 2.38. The number of piperazine rings is 1. The number of amides is 3. The second kappa shape index (κ2) is 6.50. The van der Waals surface area contributed by atoms with Gasteiger partial charge in [0.15, 0.2) is 0 Å². The first kappa shape index (κ1) is 18.0. The predicted molar refractivity (Wildman–Crippen MR) is 92.5 cm³/mol. The van der Waals surface area contributed by atoms with Gasteiger partial charge in [0.2, 0.25) is 15.9 Å². The van der Waals surface area contributed by atoms with Crippen molar-refractivity contribution < 1.29 is 22.8 Å². The molecule has 8 nitrogen and oxygen atoms in total. The molecule has 0 unspecified atom stereocenters. The van der Waals surface area contributed by atoms with Gasteiger partial charge in [-0.25, -0.2) is 8.42 Å². The van der Waals surface area contributed by atoms with Gasteiger partial charge in [-0.05, 0) is 18.2 Å². The van der Waals surface area contributed by atoms with Crippen molar-refractivity contribution in [2.45, 2.75) is 0 Å². The summed E-state index contributed by atoms with van der Waals surface area (Å²) in [5.41, 5.74) is 0.553. The molecule has 0 atom stereocenters. The van der Waals surface area contributed by atoms with Crippen LogP contribution < -0.4 is 0 Å². The topological polar surface area (TPSA) is 95.1 Å². The summed E-state index contributed by atoms with van der Waals surface area (Å²) in [7, 11) is -3.28. The lowest BCUT2D eigenvalue weighted by Crippen LogP contribution is -2.52. The van der Waals surface area contributed by atoms with E-state index in [0.717, 1.165) is 11.2 Å². The Labute approximate surface area is 153 Å². The van der Waals surface area contributed by atoms with Crippen LogP contribution in [-0.2, 0) is 14.8 Å². The number of carbonyl (C=O) groups excluding carboxylic acids is 3. The van der Waals surface area contributed by atoms with E-state index in [4.69, 9.17) is 0 Å². The molecule has 1 aromatic rings. The van der Waals surface area contributed by atoms with Crippen LogP contribution in [0.3, 0.4) is 0 Å². The number of hydrogen-bond donors (Lipinski definition) is 0. The summed E-state index contributed by atoms with van der Waals surface area (Å²) in [6.45, 7) is 0.545. The summed E-state index contributed by atoms with van der Waals surface area (Å²) in [4.78, 5) is 39.6. The SMILES string of the molecule is CS(=O)(=O)N1CCN(C(=O)CN2C(=O)c3ccc(Br)cc3C2=O)CC1. The van der Waals surface area contributed by atoms with Crippen molar-refractivity contribution in [2.24, 2.45) is 0 Å². The Morgan fingerprint density at radius 2 is 1.68 bits per heavy atom. The summed E-state index contributed by atoms with van der Waals surface area (Å²) >= 11 is 3.26. The lowest BCUT2D eigenvalue weighted by Gasteiger charge is -2.33. The third-order valence-electron chi connectivity index (χ3n) is 4.29. The highest BCUT2D eigenvalue weighted by Crippen LogP contribution is 2.26. The van der Waals surface area contributed by atoms with Gasteiger partial charge in [0.25, 0.3) is 11.8 Å². The number of fused-ring (bicyclic) bond motifs is 1. The Bertz CT molecular complexity index is 862. The molecule has 1 fully saturated rings. The zero-order valence-electron chi connectivity index (χ0n) is 13.4. The molecule has 25 heavy (non-hydrogen) atoms. The highest BCUT2D eigenvalue weighted by atomic mass is 79.9. The molecule has 2 heterocycles. The van der Waals surface area contributed by atoms with Crippen LogP contribution in [0.25, 0.3) is 0 Å². The van der Waals surface area contributed by atoms with Crippen LogP contribution in [0.1, 0.15) is 20.7 Å². The van der Waals surface area contributed by atoms with E-state index in [0.29, 0.717) is 4.47 Å². The lowest BCUT2D eigenvalue weighted by molar-refractivity contribution is -0.132. The third kappa shape index (κ3) is 3.46. The van der Waals surface area contributed by atoms with E-state index in [1.54, 1.807) is 18.2 Å². The zero-order chi connectivity index (χ0) is 18.4.